The van der Waals surface area contributed by atoms with Crippen LogP contribution in [0.25, 0.3) is 0 Å². The minimum atomic E-state index is -4.01. The van der Waals surface area contributed by atoms with Gasteiger partial charge in [-0.05, 0) is 54.3 Å². The van der Waals surface area contributed by atoms with Gasteiger partial charge in [-0.15, -0.1) is 0 Å². The Labute approximate surface area is 216 Å². The molecule has 0 radical (unpaired) electrons. The van der Waals surface area contributed by atoms with Crippen molar-refractivity contribution in [3.8, 4) is 5.75 Å². The van der Waals surface area contributed by atoms with Gasteiger partial charge in [-0.25, -0.2) is 21.6 Å². The van der Waals surface area contributed by atoms with E-state index in [-0.39, 0.29) is 10.6 Å². The number of fused-ring (bicyclic) bond motifs is 1. The van der Waals surface area contributed by atoms with Gasteiger partial charge in [0.05, 0.1) is 17.2 Å². The monoisotopic (exact) mass is 532 g/mol. The maximum absolute atomic E-state index is 14.6. The highest BCUT2D eigenvalue weighted by Gasteiger charge is 2.22. The summed E-state index contributed by atoms with van der Waals surface area (Å²) in [6.07, 6.45) is 4.73. The predicted octanol–water partition coefficient (Wildman–Crippen LogP) is 6.42. The van der Waals surface area contributed by atoms with Crippen molar-refractivity contribution in [3.05, 3.63) is 88.7 Å². The summed E-state index contributed by atoms with van der Waals surface area (Å²) in [6.45, 7) is 4.03. The van der Waals surface area contributed by atoms with Crippen molar-refractivity contribution in [3.63, 3.8) is 0 Å². The molecule has 3 aromatic rings. The van der Waals surface area contributed by atoms with Crippen LogP contribution in [0.3, 0.4) is 0 Å². The molecule has 4 rings (SSSR count). The second-order valence-electron chi connectivity index (χ2n) is 9.28. The Balaban J connectivity index is 1.39. The summed E-state index contributed by atoms with van der Waals surface area (Å²) in [5.74, 6) is -1.56. The topological polar surface area (TPSA) is 58.6 Å². The van der Waals surface area contributed by atoms with E-state index in [1.54, 1.807) is 18.2 Å². The molecule has 1 heterocycles. The molecule has 3 aromatic carbocycles. The van der Waals surface area contributed by atoms with Crippen LogP contribution in [0.15, 0.2) is 59.5 Å². The Morgan fingerprint density at radius 1 is 0.919 bits per heavy atom. The number of rotatable bonds is 11. The average Bonchev–Trinajstić information content (AvgIpc) is 2.87. The number of sulfonamides is 1. The molecule has 0 fully saturated rings. The van der Waals surface area contributed by atoms with Crippen molar-refractivity contribution in [1.82, 2.24) is 4.90 Å². The highest BCUT2D eigenvalue weighted by molar-refractivity contribution is 7.92. The summed E-state index contributed by atoms with van der Waals surface area (Å²) in [7, 11) is -4.01. The first-order valence-corrected chi connectivity index (χ1v) is 14.0. The van der Waals surface area contributed by atoms with Crippen LogP contribution >= 0.6 is 0 Å². The summed E-state index contributed by atoms with van der Waals surface area (Å²) >= 11 is 0. The second-order valence-corrected chi connectivity index (χ2v) is 11.0. The number of hydrogen-bond acceptors (Lipinski definition) is 4. The van der Waals surface area contributed by atoms with E-state index in [9.17, 15) is 21.6 Å². The van der Waals surface area contributed by atoms with Crippen molar-refractivity contribution in [2.45, 2.75) is 57.0 Å². The van der Waals surface area contributed by atoms with Gasteiger partial charge in [0.1, 0.15) is 17.4 Å². The lowest BCUT2D eigenvalue weighted by Crippen LogP contribution is -2.30. The number of nitrogens with one attached hydrogen (secondary N) is 1. The fourth-order valence-corrected chi connectivity index (χ4v) is 5.49. The molecule has 1 aliphatic heterocycles. The largest absolute Gasteiger partial charge is 0.493 e. The molecule has 0 atom stereocenters. The Kier molecular flexibility index (Phi) is 8.76. The number of halogens is 3. The van der Waals surface area contributed by atoms with Crippen LogP contribution in [0.4, 0.5) is 18.9 Å². The molecule has 5 nitrogen and oxygen atoms in total. The molecule has 198 valence electrons. The minimum absolute atomic E-state index is 0.0416. The Hall–Kier alpha value is -3.04. The second kappa shape index (κ2) is 12.0. The third kappa shape index (κ3) is 7.05. The lowest BCUT2D eigenvalue weighted by molar-refractivity contribution is 0.242. The smallest absolute Gasteiger partial charge is 0.261 e. The first-order valence-electron chi connectivity index (χ1n) is 12.5. The molecule has 1 N–H and O–H groups in total. The third-order valence-corrected chi connectivity index (χ3v) is 7.80. The van der Waals surface area contributed by atoms with E-state index in [1.807, 2.05) is 4.90 Å². The molecule has 0 aliphatic carbocycles. The molecular weight excluding hydrogens is 501 g/mol. The number of ether oxygens (including phenoxy) is 1. The number of hydrogen-bond donors (Lipinski definition) is 1. The standard InChI is InChI=1S/C28H31F3N2O3S/c1-2-3-4-5-14-36-24-9-11-28(27(31)17-24)32-37(34,35)25-10-7-21-18-33(13-12-20(21)15-25)19-22-6-8-23(29)16-26(22)30/h6-11,15-17,32H,2-5,12-14,18-19H2,1H3. The zero-order valence-electron chi connectivity index (χ0n) is 20.8. The van der Waals surface area contributed by atoms with Gasteiger partial charge in [0, 0.05) is 37.3 Å². The van der Waals surface area contributed by atoms with Crippen LogP contribution in [-0.2, 0) is 29.5 Å². The maximum Gasteiger partial charge on any atom is 0.261 e. The predicted molar refractivity (Wildman–Crippen MR) is 137 cm³/mol. The van der Waals surface area contributed by atoms with Gasteiger partial charge in [-0.3, -0.25) is 9.62 Å². The van der Waals surface area contributed by atoms with Crippen LogP contribution in [0.1, 0.15) is 49.3 Å². The SMILES string of the molecule is CCCCCCOc1ccc(NS(=O)(=O)c2ccc3c(c2)CCN(Cc2ccc(F)cc2F)C3)c(F)c1. The molecule has 9 heteroatoms. The van der Waals surface area contributed by atoms with Gasteiger partial charge >= 0.3 is 0 Å². The van der Waals surface area contributed by atoms with Crippen molar-refractivity contribution < 1.29 is 26.3 Å². The molecular formula is C28H31F3N2O3S. The summed E-state index contributed by atoms with van der Waals surface area (Å²) in [4.78, 5) is 2.06. The van der Waals surface area contributed by atoms with Gasteiger partial charge in [0.15, 0.2) is 5.82 Å². The van der Waals surface area contributed by atoms with E-state index in [0.29, 0.717) is 44.0 Å². The number of nitrogens with zero attached hydrogens (tertiary/aromatic N) is 1. The highest BCUT2D eigenvalue weighted by Crippen LogP contribution is 2.27. The van der Waals surface area contributed by atoms with Gasteiger partial charge in [-0.2, -0.15) is 0 Å². The lowest BCUT2D eigenvalue weighted by atomic mass is 9.99. The van der Waals surface area contributed by atoms with E-state index in [0.717, 1.165) is 42.9 Å². The number of unbranched alkanes of at least 4 members (excludes halogenated alkanes) is 3. The molecule has 0 spiro atoms. The van der Waals surface area contributed by atoms with Gasteiger partial charge in [0.25, 0.3) is 10.0 Å². The molecule has 0 aromatic heterocycles. The molecule has 37 heavy (non-hydrogen) atoms. The van der Waals surface area contributed by atoms with Crippen LogP contribution in [0.2, 0.25) is 0 Å². The zero-order chi connectivity index (χ0) is 26.4. The first-order chi connectivity index (χ1) is 17.7. The molecule has 0 bridgehead atoms. The van der Waals surface area contributed by atoms with E-state index in [4.69, 9.17) is 4.74 Å². The maximum atomic E-state index is 14.6. The fraction of sp³-hybridized carbons (Fsp3) is 0.357. The van der Waals surface area contributed by atoms with Gasteiger partial charge < -0.3 is 4.74 Å². The summed E-state index contributed by atoms with van der Waals surface area (Å²) in [5, 5.41) is 0. The normalized spacial score (nSPS) is 13.8. The van der Waals surface area contributed by atoms with Crippen molar-refractivity contribution in [1.29, 1.82) is 0 Å². The molecule has 0 saturated carbocycles. The lowest BCUT2D eigenvalue weighted by Gasteiger charge is -2.29. The van der Waals surface area contributed by atoms with E-state index >= 15 is 0 Å². The van der Waals surface area contributed by atoms with E-state index < -0.39 is 27.5 Å². The van der Waals surface area contributed by atoms with Crippen LogP contribution in [-0.4, -0.2) is 26.5 Å². The van der Waals surface area contributed by atoms with Crippen molar-refractivity contribution in [2.24, 2.45) is 0 Å². The quantitative estimate of drug-likeness (QED) is 0.290. The first kappa shape index (κ1) is 27.0. The summed E-state index contributed by atoms with van der Waals surface area (Å²) < 4.78 is 75.7. The fourth-order valence-electron chi connectivity index (χ4n) is 4.37. The van der Waals surface area contributed by atoms with Crippen LogP contribution < -0.4 is 9.46 Å². The van der Waals surface area contributed by atoms with Crippen molar-refractivity contribution >= 4 is 15.7 Å². The Bertz CT molecular complexity index is 1350. The van der Waals surface area contributed by atoms with Gasteiger partial charge in [-0.1, -0.05) is 38.3 Å². The van der Waals surface area contributed by atoms with E-state index in [2.05, 4.69) is 11.6 Å². The number of anilines is 1. The molecule has 0 amide bonds. The minimum Gasteiger partial charge on any atom is -0.493 e. The zero-order valence-corrected chi connectivity index (χ0v) is 21.6. The van der Waals surface area contributed by atoms with E-state index in [1.165, 1.54) is 30.3 Å². The number of benzene rings is 3. The average molecular weight is 533 g/mol. The van der Waals surface area contributed by atoms with Crippen LogP contribution in [0.5, 0.6) is 5.75 Å². The Morgan fingerprint density at radius 3 is 2.51 bits per heavy atom. The third-order valence-electron chi connectivity index (χ3n) is 6.44. The highest BCUT2D eigenvalue weighted by atomic mass is 32.2. The summed E-state index contributed by atoms with van der Waals surface area (Å²) in [6, 6.07) is 12.4. The van der Waals surface area contributed by atoms with Gasteiger partial charge in [0.2, 0.25) is 0 Å². The molecule has 1 aliphatic rings. The molecule has 0 unspecified atom stereocenters. The van der Waals surface area contributed by atoms with Crippen LogP contribution in [0, 0.1) is 17.5 Å². The molecule has 0 saturated heterocycles. The van der Waals surface area contributed by atoms with Crippen molar-refractivity contribution in [2.75, 3.05) is 17.9 Å². The Morgan fingerprint density at radius 2 is 1.76 bits per heavy atom. The summed E-state index contributed by atoms with van der Waals surface area (Å²) in [5.41, 5.74) is 2.05.